The molecule has 1 aliphatic rings. The molecule has 0 saturated carbocycles. The van der Waals surface area contributed by atoms with Crippen molar-refractivity contribution in [2.75, 3.05) is 0 Å². The zero-order chi connectivity index (χ0) is 11.9. The predicted molar refractivity (Wildman–Crippen MR) is 60.9 cm³/mol. The smallest absolute Gasteiger partial charge is 0.261 e. The van der Waals surface area contributed by atoms with Gasteiger partial charge in [0, 0.05) is 11.3 Å². The van der Waals surface area contributed by atoms with Crippen LogP contribution in [0, 0.1) is 0 Å². The van der Waals surface area contributed by atoms with Crippen LogP contribution in [0.25, 0.3) is 0 Å². The second kappa shape index (κ2) is 3.86. The first-order chi connectivity index (χ1) is 7.50. The molecule has 1 aromatic heterocycles. The standard InChI is InChI=1S/C10H9BrN2O3/c11-6-1-2-7-4(8(6)14)3-5(9(12)15)10(16)13-7/h3,6H,1-2H2,(H2,12,15)(H,13,16). The van der Waals surface area contributed by atoms with Gasteiger partial charge in [0.25, 0.3) is 11.5 Å². The highest BCUT2D eigenvalue weighted by molar-refractivity contribution is 9.10. The van der Waals surface area contributed by atoms with Gasteiger partial charge in [-0.25, -0.2) is 0 Å². The number of aryl methyl sites for hydroxylation is 1. The SMILES string of the molecule is NC(=O)c1cc2c([nH]c1=O)CCC(Br)C2=O. The van der Waals surface area contributed by atoms with Gasteiger partial charge in [-0.1, -0.05) is 15.9 Å². The number of amides is 1. The van der Waals surface area contributed by atoms with Crippen LogP contribution < -0.4 is 11.3 Å². The molecule has 1 atom stereocenters. The summed E-state index contributed by atoms with van der Waals surface area (Å²) >= 11 is 3.25. The van der Waals surface area contributed by atoms with Crippen molar-refractivity contribution in [2.45, 2.75) is 17.7 Å². The van der Waals surface area contributed by atoms with Crippen molar-refractivity contribution in [2.24, 2.45) is 5.73 Å². The number of alkyl halides is 1. The van der Waals surface area contributed by atoms with Crippen molar-refractivity contribution in [3.63, 3.8) is 0 Å². The molecule has 1 unspecified atom stereocenters. The predicted octanol–water partition coefficient (Wildman–Crippen LogP) is 0.366. The molecule has 1 heterocycles. The largest absolute Gasteiger partial charge is 0.365 e. The number of hydrogen-bond acceptors (Lipinski definition) is 3. The van der Waals surface area contributed by atoms with Gasteiger partial charge in [0.2, 0.25) is 0 Å². The minimum absolute atomic E-state index is 0.125. The van der Waals surface area contributed by atoms with Crippen molar-refractivity contribution in [1.82, 2.24) is 4.98 Å². The number of carbonyl (C=O) groups excluding carboxylic acids is 2. The van der Waals surface area contributed by atoms with E-state index in [1.165, 1.54) is 6.07 Å². The third-order valence-corrected chi connectivity index (χ3v) is 3.46. The van der Waals surface area contributed by atoms with Gasteiger partial charge < -0.3 is 10.7 Å². The minimum atomic E-state index is -0.825. The number of H-pyrrole nitrogens is 1. The summed E-state index contributed by atoms with van der Waals surface area (Å²) in [6, 6.07) is 1.28. The Labute approximate surface area is 99.2 Å². The van der Waals surface area contributed by atoms with E-state index in [1.807, 2.05) is 0 Å². The Bertz CT molecular complexity index is 535. The van der Waals surface area contributed by atoms with E-state index >= 15 is 0 Å². The molecule has 6 heteroatoms. The Balaban J connectivity index is 2.63. The number of nitrogens with one attached hydrogen (secondary N) is 1. The number of pyridine rings is 1. The van der Waals surface area contributed by atoms with E-state index in [2.05, 4.69) is 20.9 Å². The van der Waals surface area contributed by atoms with Crippen LogP contribution in [-0.4, -0.2) is 21.5 Å². The number of rotatable bonds is 1. The highest BCUT2D eigenvalue weighted by atomic mass is 79.9. The maximum absolute atomic E-state index is 11.8. The minimum Gasteiger partial charge on any atom is -0.365 e. The molecule has 3 N–H and O–H groups in total. The van der Waals surface area contributed by atoms with Crippen LogP contribution in [0.15, 0.2) is 10.9 Å². The Hall–Kier alpha value is -1.43. The molecule has 0 spiro atoms. The van der Waals surface area contributed by atoms with Crippen LogP contribution in [-0.2, 0) is 6.42 Å². The summed E-state index contributed by atoms with van der Waals surface area (Å²) in [6.07, 6.45) is 1.24. The highest BCUT2D eigenvalue weighted by Gasteiger charge is 2.27. The van der Waals surface area contributed by atoms with E-state index < -0.39 is 11.5 Å². The molecule has 0 fully saturated rings. The number of primary amides is 1. The van der Waals surface area contributed by atoms with Crippen LogP contribution in [0.4, 0.5) is 0 Å². The quantitative estimate of drug-likeness (QED) is 0.730. The van der Waals surface area contributed by atoms with Gasteiger partial charge in [-0.05, 0) is 18.9 Å². The molecule has 1 amide bonds. The molecule has 0 radical (unpaired) electrons. The number of hydrogen-bond donors (Lipinski definition) is 2. The van der Waals surface area contributed by atoms with Gasteiger partial charge in [0.05, 0.1) is 4.83 Å². The van der Waals surface area contributed by atoms with Gasteiger partial charge in [-0.15, -0.1) is 0 Å². The van der Waals surface area contributed by atoms with Crippen LogP contribution in [0.5, 0.6) is 0 Å². The van der Waals surface area contributed by atoms with Crippen LogP contribution in [0.1, 0.15) is 32.8 Å². The summed E-state index contributed by atoms with van der Waals surface area (Å²) in [5.41, 5.74) is 5.29. The topological polar surface area (TPSA) is 93.0 Å². The molecule has 5 nitrogen and oxygen atoms in total. The fraction of sp³-hybridized carbons (Fsp3) is 0.300. The van der Waals surface area contributed by atoms with Gasteiger partial charge in [-0.3, -0.25) is 14.4 Å². The van der Waals surface area contributed by atoms with Gasteiger partial charge in [0.1, 0.15) is 5.56 Å². The zero-order valence-electron chi connectivity index (χ0n) is 8.25. The van der Waals surface area contributed by atoms with Gasteiger partial charge in [-0.2, -0.15) is 0 Å². The normalized spacial score (nSPS) is 19.3. The van der Waals surface area contributed by atoms with E-state index in [0.717, 1.165) is 0 Å². The lowest BCUT2D eigenvalue weighted by Gasteiger charge is -2.18. The maximum atomic E-state index is 11.8. The number of fused-ring (bicyclic) bond motifs is 1. The molecule has 1 aromatic rings. The summed E-state index contributed by atoms with van der Waals surface area (Å²) < 4.78 is 0. The van der Waals surface area contributed by atoms with Crippen molar-refractivity contribution in [3.8, 4) is 0 Å². The summed E-state index contributed by atoms with van der Waals surface area (Å²) in [4.78, 5) is 36.5. The van der Waals surface area contributed by atoms with Crippen LogP contribution >= 0.6 is 15.9 Å². The summed E-state index contributed by atoms with van der Waals surface area (Å²) in [5, 5.41) is 0. The second-order valence-electron chi connectivity index (χ2n) is 3.64. The summed E-state index contributed by atoms with van der Waals surface area (Å²) in [5.74, 6) is -0.950. The van der Waals surface area contributed by atoms with Crippen molar-refractivity contribution in [1.29, 1.82) is 0 Å². The number of nitrogens with two attached hydrogens (primary N) is 1. The number of aromatic amines is 1. The fourth-order valence-electron chi connectivity index (χ4n) is 1.74. The molecule has 16 heavy (non-hydrogen) atoms. The van der Waals surface area contributed by atoms with E-state index in [0.29, 0.717) is 24.1 Å². The number of carbonyl (C=O) groups is 2. The molecule has 0 saturated heterocycles. The molecule has 0 aliphatic heterocycles. The lowest BCUT2D eigenvalue weighted by molar-refractivity contribution is 0.0980. The Morgan fingerprint density at radius 1 is 1.50 bits per heavy atom. The molecular formula is C10H9BrN2O3. The molecule has 0 aromatic carbocycles. The van der Waals surface area contributed by atoms with Crippen molar-refractivity contribution < 1.29 is 9.59 Å². The lowest BCUT2D eigenvalue weighted by atomic mass is 9.93. The first-order valence-electron chi connectivity index (χ1n) is 4.75. The Morgan fingerprint density at radius 2 is 2.19 bits per heavy atom. The molecule has 84 valence electrons. The summed E-state index contributed by atoms with van der Waals surface area (Å²) in [6.45, 7) is 0. The number of ketones is 1. The Morgan fingerprint density at radius 3 is 2.81 bits per heavy atom. The van der Waals surface area contributed by atoms with E-state index in [9.17, 15) is 14.4 Å². The number of aromatic nitrogens is 1. The third kappa shape index (κ3) is 1.69. The van der Waals surface area contributed by atoms with E-state index in [-0.39, 0.29) is 16.2 Å². The number of halogens is 1. The second-order valence-corrected chi connectivity index (χ2v) is 4.74. The average Bonchev–Trinajstić information content (AvgIpc) is 2.23. The first-order valence-corrected chi connectivity index (χ1v) is 5.66. The van der Waals surface area contributed by atoms with Gasteiger partial charge in [0.15, 0.2) is 5.78 Å². The van der Waals surface area contributed by atoms with Crippen LogP contribution in [0.3, 0.4) is 0 Å². The summed E-state index contributed by atoms with van der Waals surface area (Å²) in [7, 11) is 0. The molecular weight excluding hydrogens is 276 g/mol. The van der Waals surface area contributed by atoms with Crippen molar-refractivity contribution in [3.05, 3.63) is 33.2 Å². The third-order valence-electron chi connectivity index (χ3n) is 2.59. The van der Waals surface area contributed by atoms with Crippen LogP contribution in [0.2, 0.25) is 0 Å². The monoisotopic (exact) mass is 284 g/mol. The zero-order valence-corrected chi connectivity index (χ0v) is 9.83. The molecule has 2 rings (SSSR count). The lowest BCUT2D eigenvalue weighted by Crippen LogP contribution is -2.30. The van der Waals surface area contributed by atoms with Gasteiger partial charge >= 0.3 is 0 Å². The van der Waals surface area contributed by atoms with E-state index in [1.54, 1.807) is 0 Å². The van der Waals surface area contributed by atoms with E-state index in [4.69, 9.17) is 5.73 Å². The molecule has 1 aliphatic carbocycles. The molecule has 0 bridgehead atoms. The first kappa shape index (κ1) is 11.1. The fourth-order valence-corrected chi connectivity index (χ4v) is 2.22. The highest BCUT2D eigenvalue weighted by Crippen LogP contribution is 2.23. The number of Topliss-reactive ketones (excluding diaryl/α,β-unsaturated/α-hetero) is 1. The average molecular weight is 285 g/mol. The van der Waals surface area contributed by atoms with Crippen molar-refractivity contribution >= 4 is 27.6 Å². The maximum Gasteiger partial charge on any atom is 0.261 e. The Kier molecular flexibility index (Phi) is 2.67.